The Bertz CT molecular complexity index is 564. The highest BCUT2D eigenvalue weighted by Gasteiger charge is 2.16. The second kappa shape index (κ2) is 5.88. The number of benzene rings is 1. The molecule has 5 nitrogen and oxygen atoms in total. The van der Waals surface area contributed by atoms with Gasteiger partial charge < -0.3 is 5.32 Å². The summed E-state index contributed by atoms with van der Waals surface area (Å²) in [5.74, 6) is 0.685. The molecule has 0 saturated carbocycles. The van der Waals surface area contributed by atoms with Crippen molar-refractivity contribution in [2.75, 3.05) is 5.32 Å². The minimum Gasteiger partial charge on any atom is -0.325 e. The van der Waals surface area contributed by atoms with Crippen LogP contribution in [0.5, 0.6) is 0 Å². The van der Waals surface area contributed by atoms with Crippen molar-refractivity contribution >= 4 is 23.4 Å². The number of carbonyl (C=O) groups is 1. The molecular weight excluding hydrogens is 260 g/mol. The van der Waals surface area contributed by atoms with E-state index in [-0.39, 0.29) is 11.2 Å². The SMILES string of the molecule is Cc1ccc(NC(=O)[C@@H](C)Sc2n[nH]c(C)n2)cc1. The zero-order chi connectivity index (χ0) is 13.8. The number of aromatic amines is 1. The maximum absolute atomic E-state index is 12.0. The lowest BCUT2D eigenvalue weighted by atomic mass is 10.2. The molecule has 1 aromatic heterocycles. The fourth-order valence-corrected chi connectivity index (χ4v) is 2.24. The van der Waals surface area contributed by atoms with E-state index in [9.17, 15) is 4.79 Å². The molecule has 1 heterocycles. The lowest BCUT2D eigenvalue weighted by molar-refractivity contribution is -0.115. The van der Waals surface area contributed by atoms with E-state index in [4.69, 9.17) is 0 Å². The number of carbonyl (C=O) groups excluding carboxylic acids is 1. The van der Waals surface area contributed by atoms with E-state index in [0.29, 0.717) is 5.16 Å². The molecule has 0 aliphatic heterocycles. The van der Waals surface area contributed by atoms with Crippen molar-refractivity contribution in [3.63, 3.8) is 0 Å². The van der Waals surface area contributed by atoms with Gasteiger partial charge in [0.25, 0.3) is 0 Å². The minimum atomic E-state index is -0.253. The maximum atomic E-state index is 12.0. The molecule has 0 aliphatic rings. The summed E-state index contributed by atoms with van der Waals surface area (Å²) in [6.07, 6.45) is 0. The number of aryl methyl sites for hydroxylation is 2. The first-order valence-electron chi connectivity index (χ1n) is 5.98. The number of H-pyrrole nitrogens is 1. The Hall–Kier alpha value is -1.82. The number of thioether (sulfide) groups is 1. The molecular formula is C13H16N4OS. The molecule has 0 unspecified atom stereocenters. The largest absolute Gasteiger partial charge is 0.325 e. The van der Waals surface area contributed by atoms with Crippen molar-refractivity contribution in [1.29, 1.82) is 0 Å². The van der Waals surface area contributed by atoms with Crippen LogP contribution < -0.4 is 5.32 Å². The van der Waals surface area contributed by atoms with Crippen molar-refractivity contribution in [3.8, 4) is 0 Å². The van der Waals surface area contributed by atoms with E-state index in [1.165, 1.54) is 11.8 Å². The second-order valence-electron chi connectivity index (χ2n) is 4.32. The summed E-state index contributed by atoms with van der Waals surface area (Å²) in [7, 11) is 0. The number of nitrogens with zero attached hydrogens (tertiary/aromatic N) is 2. The van der Waals surface area contributed by atoms with Gasteiger partial charge in [-0.15, -0.1) is 5.10 Å². The zero-order valence-corrected chi connectivity index (χ0v) is 11.9. The van der Waals surface area contributed by atoms with Gasteiger partial charge in [-0.25, -0.2) is 4.98 Å². The molecule has 1 atom stereocenters. The molecule has 2 aromatic rings. The number of aromatic nitrogens is 3. The fourth-order valence-electron chi connectivity index (χ4n) is 1.47. The van der Waals surface area contributed by atoms with Gasteiger partial charge in [-0.2, -0.15) is 0 Å². The van der Waals surface area contributed by atoms with Gasteiger partial charge in [0.15, 0.2) is 0 Å². The summed E-state index contributed by atoms with van der Waals surface area (Å²) < 4.78 is 0. The van der Waals surface area contributed by atoms with Crippen molar-refractivity contribution in [2.24, 2.45) is 0 Å². The Morgan fingerprint density at radius 2 is 2.00 bits per heavy atom. The van der Waals surface area contributed by atoms with Crippen LogP contribution in [0.2, 0.25) is 0 Å². The molecule has 1 aromatic carbocycles. The van der Waals surface area contributed by atoms with E-state index in [1.807, 2.05) is 45.0 Å². The molecule has 0 aliphatic carbocycles. The number of nitrogens with one attached hydrogen (secondary N) is 2. The average Bonchev–Trinajstić information content (AvgIpc) is 2.77. The third-order valence-electron chi connectivity index (χ3n) is 2.55. The summed E-state index contributed by atoms with van der Waals surface area (Å²) >= 11 is 1.33. The lowest BCUT2D eigenvalue weighted by Crippen LogP contribution is -2.22. The maximum Gasteiger partial charge on any atom is 0.237 e. The van der Waals surface area contributed by atoms with Gasteiger partial charge in [0.1, 0.15) is 5.82 Å². The molecule has 1 amide bonds. The molecule has 19 heavy (non-hydrogen) atoms. The van der Waals surface area contributed by atoms with Crippen LogP contribution in [0.3, 0.4) is 0 Å². The number of hydrogen-bond donors (Lipinski definition) is 2. The molecule has 0 saturated heterocycles. The summed E-state index contributed by atoms with van der Waals surface area (Å²) in [5.41, 5.74) is 1.96. The zero-order valence-electron chi connectivity index (χ0n) is 11.1. The van der Waals surface area contributed by atoms with Gasteiger partial charge in [0, 0.05) is 5.69 Å². The highest BCUT2D eigenvalue weighted by atomic mass is 32.2. The number of rotatable bonds is 4. The normalized spacial score (nSPS) is 12.2. The molecule has 0 bridgehead atoms. The average molecular weight is 276 g/mol. The standard InChI is InChI=1S/C13H16N4OS/c1-8-4-6-11(7-5-8)15-12(18)9(2)19-13-14-10(3)16-17-13/h4-7,9H,1-3H3,(H,15,18)(H,14,16,17)/t9-/m1/s1. The second-order valence-corrected chi connectivity index (χ2v) is 5.63. The van der Waals surface area contributed by atoms with Crippen molar-refractivity contribution in [1.82, 2.24) is 15.2 Å². The van der Waals surface area contributed by atoms with Gasteiger partial charge in [-0.3, -0.25) is 9.89 Å². The number of anilines is 1. The fraction of sp³-hybridized carbons (Fsp3) is 0.308. The summed E-state index contributed by atoms with van der Waals surface area (Å²) in [6.45, 7) is 5.67. The third-order valence-corrected chi connectivity index (χ3v) is 3.51. The van der Waals surface area contributed by atoms with Crippen LogP contribution in [0, 0.1) is 13.8 Å². The highest BCUT2D eigenvalue weighted by Crippen LogP contribution is 2.20. The van der Waals surface area contributed by atoms with E-state index in [2.05, 4.69) is 20.5 Å². The minimum absolute atomic E-state index is 0.0590. The Morgan fingerprint density at radius 3 is 2.58 bits per heavy atom. The van der Waals surface area contributed by atoms with Crippen LogP contribution in [-0.4, -0.2) is 26.3 Å². The van der Waals surface area contributed by atoms with Gasteiger partial charge in [-0.05, 0) is 32.9 Å². The Balaban J connectivity index is 1.94. The van der Waals surface area contributed by atoms with Gasteiger partial charge >= 0.3 is 0 Å². The first-order chi connectivity index (χ1) is 9.04. The first-order valence-corrected chi connectivity index (χ1v) is 6.86. The van der Waals surface area contributed by atoms with E-state index < -0.39 is 0 Å². The van der Waals surface area contributed by atoms with Gasteiger partial charge in [0.2, 0.25) is 11.1 Å². The summed E-state index contributed by atoms with van der Waals surface area (Å²) in [5, 5.41) is 9.96. The lowest BCUT2D eigenvalue weighted by Gasteiger charge is -2.10. The molecule has 0 radical (unpaired) electrons. The Morgan fingerprint density at radius 1 is 1.32 bits per heavy atom. The molecule has 2 rings (SSSR count). The Kier molecular flexibility index (Phi) is 4.21. The van der Waals surface area contributed by atoms with Crippen molar-refractivity contribution in [3.05, 3.63) is 35.7 Å². The third kappa shape index (κ3) is 3.82. The van der Waals surface area contributed by atoms with E-state index >= 15 is 0 Å². The number of amides is 1. The topological polar surface area (TPSA) is 70.7 Å². The number of hydrogen-bond acceptors (Lipinski definition) is 4. The van der Waals surface area contributed by atoms with Crippen molar-refractivity contribution in [2.45, 2.75) is 31.2 Å². The first kappa shape index (κ1) is 13.6. The molecule has 0 fully saturated rings. The van der Waals surface area contributed by atoms with Crippen LogP contribution in [-0.2, 0) is 4.79 Å². The predicted octanol–water partition coefficient (Wildman–Crippen LogP) is 2.54. The van der Waals surface area contributed by atoms with E-state index in [1.54, 1.807) is 0 Å². The summed E-state index contributed by atoms with van der Waals surface area (Å²) in [4.78, 5) is 16.2. The molecule has 100 valence electrons. The molecule has 0 spiro atoms. The van der Waals surface area contributed by atoms with Gasteiger partial charge in [-0.1, -0.05) is 29.5 Å². The van der Waals surface area contributed by atoms with E-state index in [0.717, 1.165) is 17.1 Å². The predicted molar refractivity (Wildman–Crippen MR) is 76.2 cm³/mol. The van der Waals surface area contributed by atoms with Crippen LogP contribution in [0.4, 0.5) is 5.69 Å². The summed E-state index contributed by atoms with van der Waals surface area (Å²) in [6, 6.07) is 7.71. The Labute approximate surface area is 116 Å². The smallest absolute Gasteiger partial charge is 0.237 e. The molecule has 6 heteroatoms. The van der Waals surface area contributed by atoms with Crippen LogP contribution in [0.25, 0.3) is 0 Å². The van der Waals surface area contributed by atoms with Crippen LogP contribution >= 0.6 is 11.8 Å². The van der Waals surface area contributed by atoms with Crippen LogP contribution in [0.1, 0.15) is 18.3 Å². The van der Waals surface area contributed by atoms with Gasteiger partial charge in [0.05, 0.1) is 5.25 Å². The monoisotopic (exact) mass is 276 g/mol. The molecule has 2 N–H and O–H groups in total. The highest BCUT2D eigenvalue weighted by molar-refractivity contribution is 8.00. The van der Waals surface area contributed by atoms with Crippen LogP contribution in [0.15, 0.2) is 29.4 Å². The quantitative estimate of drug-likeness (QED) is 0.842. The van der Waals surface area contributed by atoms with Crippen molar-refractivity contribution < 1.29 is 4.79 Å².